The molecule has 2 atom stereocenters. The number of hydrogen-bond acceptors (Lipinski definition) is 5. The van der Waals surface area contributed by atoms with Crippen LogP contribution in [0.4, 0.5) is 5.69 Å². The second-order valence-electron chi connectivity index (χ2n) is 5.80. The van der Waals surface area contributed by atoms with Gasteiger partial charge in [-0.05, 0) is 29.7 Å². The van der Waals surface area contributed by atoms with Crippen LogP contribution >= 0.6 is 0 Å². The molecule has 1 aliphatic carbocycles. The Balaban J connectivity index is 1.61. The lowest BCUT2D eigenvalue weighted by Gasteiger charge is -2.15. The summed E-state index contributed by atoms with van der Waals surface area (Å²) in [7, 11) is 1.60. The lowest BCUT2D eigenvalue weighted by Crippen LogP contribution is -2.25. The topological polar surface area (TPSA) is 93.8 Å². The average molecular weight is 339 g/mol. The van der Waals surface area contributed by atoms with Gasteiger partial charge in [0.05, 0.1) is 17.1 Å². The molecule has 2 aromatic carbocycles. The standard InChI is InChI=1S/C18H17N3O4/c1-25-18(14-5-3-2-4-6-14)11-16(18)17(22)20-19-12-13-7-9-15(10-8-13)21(23)24/h2-10,12,16H,11H2,1H3,(H,20,22). The third kappa shape index (κ3) is 3.41. The number of ether oxygens (including phenoxy) is 1. The monoisotopic (exact) mass is 339 g/mol. The van der Waals surface area contributed by atoms with Crippen LogP contribution in [0.5, 0.6) is 0 Å². The molecule has 7 nitrogen and oxygen atoms in total. The lowest BCUT2D eigenvalue weighted by atomic mass is 10.1. The number of benzene rings is 2. The summed E-state index contributed by atoms with van der Waals surface area (Å²) in [5, 5.41) is 14.5. The van der Waals surface area contributed by atoms with Crippen molar-refractivity contribution in [3.8, 4) is 0 Å². The molecule has 0 radical (unpaired) electrons. The zero-order valence-electron chi connectivity index (χ0n) is 13.6. The van der Waals surface area contributed by atoms with Crippen LogP contribution in [-0.2, 0) is 15.1 Å². The van der Waals surface area contributed by atoms with Crippen molar-refractivity contribution in [1.82, 2.24) is 5.43 Å². The second kappa shape index (κ2) is 6.82. The molecule has 0 spiro atoms. The van der Waals surface area contributed by atoms with E-state index in [1.54, 1.807) is 19.2 Å². The highest BCUT2D eigenvalue weighted by Gasteiger charge is 2.60. The van der Waals surface area contributed by atoms with E-state index in [9.17, 15) is 14.9 Å². The Labute approximate surface area is 144 Å². The molecule has 0 saturated heterocycles. The minimum absolute atomic E-state index is 0.00639. The Morgan fingerprint density at radius 1 is 1.28 bits per heavy atom. The van der Waals surface area contributed by atoms with Gasteiger partial charge in [0.15, 0.2) is 0 Å². The number of nitro benzene ring substituents is 1. The Hall–Kier alpha value is -3.06. The van der Waals surface area contributed by atoms with E-state index in [4.69, 9.17) is 4.74 Å². The predicted molar refractivity (Wildman–Crippen MR) is 92.1 cm³/mol. The van der Waals surface area contributed by atoms with Gasteiger partial charge >= 0.3 is 0 Å². The molecule has 0 bridgehead atoms. The number of hydrogen-bond donors (Lipinski definition) is 1. The Bertz CT molecular complexity index is 805. The Morgan fingerprint density at radius 3 is 2.56 bits per heavy atom. The van der Waals surface area contributed by atoms with Crippen molar-refractivity contribution in [2.75, 3.05) is 7.11 Å². The number of nitrogens with zero attached hydrogens (tertiary/aromatic N) is 2. The van der Waals surface area contributed by atoms with Crippen LogP contribution in [0.25, 0.3) is 0 Å². The van der Waals surface area contributed by atoms with Crippen LogP contribution in [-0.4, -0.2) is 24.2 Å². The van der Waals surface area contributed by atoms with Gasteiger partial charge in [-0.2, -0.15) is 5.10 Å². The van der Waals surface area contributed by atoms with Crippen molar-refractivity contribution in [3.05, 3.63) is 75.8 Å². The number of carbonyl (C=O) groups excluding carboxylic acids is 1. The summed E-state index contributed by atoms with van der Waals surface area (Å²) in [6.45, 7) is 0. The fraction of sp³-hybridized carbons (Fsp3) is 0.222. The molecule has 1 N–H and O–H groups in total. The first-order chi connectivity index (χ1) is 12.1. The van der Waals surface area contributed by atoms with Gasteiger partial charge in [-0.3, -0.25) is 14.9 Å². The predicted octanol–water partition coefficient (Wildman–Crippen LogP) is 2.61. The first kappa shape index (κ1) is 16.8. The SMILES string of the molecule is COC1(c2ccccc2)CC1C(=O)NN=Cc1ccc([N+](=O)[O-])cc1. The van der Waals surface area contributed by atoms with Gasteiger partial charge in [-0.15, -0.1) is 0 Å². The number of hydrazone groups is 1. The van der Waals surface area contributed by atoms with Crippen molar-refractivity contribution < 1.29 is 14.5 Å². The minimum Gasteiger partial charge on any atom is -0.373 e. The molecule has 1 saturated carbocycles. The summed E-state index contributed by atoms with van der Waals surface area (Å²) >= 11 is 0. The number of amides is 1. The van der Waals surface area contributed by atoms with Gasteiger partial charge in [0.2, 0.25) is 5.91 Å². The van der Waals surface area contributed by atoms with E-state index >= 15 is 0 Å². The summed E-state index contributed by atoms with van der Waals surface area (Å²) in [6.07, 6.45) is 2.05. The molecule has 3 rings (SSSR count). The molecule has 25 heavy (non-hydrogen) atoms. The third-order valence-corrected chi connectivity index (χ3v) is 4.35. The van der Waals surface area contributed by atoms with Crippen LogP contribution in [0.15, 0.2) is 59.7 Å². The van der Waals surface area contributed by atoms with Crippen molar-refractivity contribution in [3.63, 3.8) is 0 Å². The average Bonchev–Trinajstić information content (AvgIpc) is 3.39. The normalized spacial score (nSPS) is 21.9. The maximum absolute atomic E-state index is 12.3. The molecule has 1 amide bonds. The molecule has 0 aromatic heterocycles. The highest BCUT2D eigenvalue weighted by molar-refractivity contribution is 5.86. The van der Waals surface area contributed by atoms with Gasteiger partial charge in [0.1, 0.15) is 5.60 Å². The van der Waals surface area contributed by atoms with Gasteiger partial charge in [-0.25, -0.2) is 5.43 Å². The van der Waals surface area contributed by atoms with Gasteiger partial charge in [-0.1, -0.05) is 30.3 Å². The molecular formula is C18H17N3O4. The molecule has 0 heterocycles. The van der Waals surface area contributed by atoms with Gasteiger partial charge in [0, 0.05) is 19.2 Å². The quantitative estimate of drug-likeness (QED) is 0.497. The van der Waals surface area contributed by atoms with E-state index in [1.807, 2.05) is 30.3 Å². The number of nitro groups is 1. The Kier molecular flexibility index (Phi) is 4.58. The summed E-state index contributed by atoms with van der Waals surface area (Å²) in [5.41, 5.74) is 3.55. The molecular weight excluding hydrogens is 322 g/mol. The summed E-state index contributed by atoms with van der Waals surface area (Å²) < 4.78 is 5.59. The van der Waals surface area contributed by atoms with E-state index in [0.717, 1.165) is 5.56 Å². The third-order valence-electron chi connectivity index (χ3n) is 4.35. The number of non-ortho nitro benzene ring substituents is 1. The van der Waals surface area contributed by atoms with E-state index < -0.39 is 10.5 Å². The number of rotatable bonds is 6. The molecule has 1 aliphatic rings. The number of carbonyl (C=O) groups is 1. The maximum Gasteiger partial charge on any atom is 0.269 e. The van der Waals surface area contributed by atoms with Crippen molar-refractivity contribution >= 4 is 17.8 Å². The largest absolute Gasteiger partial charge is 0.373 e. The highest BCUT2D eigenvalue weighted by atomic mass is 16.6. The fourth-order valence-corrected chi connectivity index (χ4v) is 2.86. The molecule has 2 aromatic rings. The molecule has 1 fully saturated rings. The van der Waals surface area contributed by atoms with E-state index in [0.29, 0.717) is 12.0 Å². The lowest BCUT2D eigenvalue weighted by molar-refractivity contribution is -0.384. The molecule has 2 unspecified atom stereocenters. The number of nitrogens with one attached hydrogen (secondary N) is 1. The van der Waals surface area contributed by atoms with Crippen LogP contribution < -0.4 is 5.43 Å². The first-order valence-electron chi connectivity index (χ1n) is 7.75. The zero-order valence-corrected chi connectivity index (χ0v) is 13.6. The van der Waals surface area contributed by atoms with Crippen LogP contribution in [0.3, 0.4) is 0 Å². The van der Waals surface area contributed by atoms with E-state index in [-0.39, 0.29) is 17.5 Å². The summed E-state index contributed by atoms with van der Waals surface area (Å²) in [5.74, 6) is -0.516. The van der Waals surface area contributed by atoms with Crippen LogP contribution in [0.1, 0.15) is 17.5 Å². The van der Waals surface area contributed by atoms with E-state index in [1.165, 1.54) is 18.3 Å². The smallest absolute Gasteiger partial charge is 0.269 e. The molecule has 0 aliphatic heterocycles. The summed E-state index contributed by atoms with van der Waals surface area (Å²) in [4.78, 5) is 22.4. The summed E-state index contributed by atoms with van der Waals surface area (Å²) in [6, 6.07) is 15.5. The van der Waals surface area contributed by atoms with Gasteiger partial charge in [0.25, 0.3) is 5.69 Å². The number of methoxy groups -OCH3 is 1. The Morgan fingerprint density at radius 2 is 1.96 bits per heavy atom. The second-order valence-corrected chi connectivity index (χ2v) is 5.80. The van der Waals surface area contributed by atoms with Crippen molar-refractivity contribution in [1.29, 1.82) is 0 Å². The fourth-order valence-electron chi connectivity index (χ4n) is 2.86. The highest BCUT2D eigenvalue weighted by Crippen LogP contribution is 2.54. The minimum atomic E-state index is -0.589. The van der Waals surface area contributed by atoms with Crippen LogP contribution in [0, 0.1) is 16.0 Å². The van der Waals surface area contributed by atoms with Crippen molar-refractivity contribution in [2.45, 2.75) is 12.0 Å². The van der Waals surface area contributed by atoms with Gasteiger partial charge < -0.3 is 4.74 Å². The molecule has 7 heteroatoms. The first-order valence-corrected chi connectivity index (χ1v) is 7.75. The zero-order chi connectivity index (χ0) is 17.9. The van der Waals surface area contributed by atoms with Crippen LogP contribution in [0.2, 0.25) is 0 Å². The van der Waals surface area contributed by atoms with E-state index in [2.05, 4.69) is 10.5 Å². The maximum atomic E-state index is 12.3. The molecule has 128 valence electrons. The van der Waals surface area contributed by atoms with Crippen molar-refractivity contribution in [2.24, 2.45) is 11.0 Å².